The monoisotopic (exact) mass is 445 g/mol. The maximum atomic E-state index is 14.1. The van der Waals surface area contributed by atoms with Gasteiger partial charge in [-0.3, -0.25) is 9.69 Å². The van der Waals surface area contributed by atoms with Gasteiger partial charge in [0.25, 0.3) is 0 Å². The Bertz CT molecular complexity index is 1010. The molecule has 1 amide bonds. The molecule has 31 heavy (non-hydrogen) atoms. The largest absolute Gasteiger partial charge is 0.340 e. The molecule has 2 aliphatic heterocycles. The minimum absolute atomic E-state index is 0.00722. The van der Waals surface area contributed by atoms with Crippen molar-refractivity contribution < 1.29 is 17.6 Å². The van der Waals surface area contributed by atoms with Gasteiger partial charge in [0.1, 0.15) is 10.7 Å². The highest BCUT2D eigenvalue weighted by Crippen LogP contribution is 2.26. The molecule has 0 bridgehead atoms. The number of halogens is 1. The molecule has 2 aromatic rings. The Morgan fingerprint density at radius 2 is 1.61 bits per heavy atom. The second kappa shape index (κ2) is 9.46. The highest BCUT2D eigenvalue weighted by molar-refractivity contribution is 7.89. The molecule has 6 nitrogen and oxygen atoms in total. The first kappa shape index (κ1) is 21.9. The van der Waals surface area contributed by atoms with Gasteiger partial charge < -0.3 is 4.90 Å². The predicted molar refractivity (Wildman–Crippen MR) is 116 cm³/mol. The lowest BCUT2D eigenvalue weighted by molar-refractivity contribution is -0.138. The number of hydrogen-bond acceptors (Lipinski definition) is 4. The molecular formula is C23H28FN3O3S. The minimum atomic E-state index is -3.95. The van der Waals surface area contributed by atoms with Gasteiger partial charge in [-0.15, -0.1) is 0 Å². The van der Waals surface area contributed by atoms with Gasteiger partial charge in [-0.05, 0) is 30.5 Å². The van der Waals surface area contributed by atoms with Crippen LogP contribution in [0, 0.1) is 11.7 Å². The van der Waals surface area contributed by atoms with E-state index in [1.54, 1.807) is 0 Å². The number of carbonyl (C=O) groups is 1. The summed E-state index contributed by atoms with van der Waals surface area (Å²) in [6.07, 6.45) is 1.25. The van der Waals surface area contributed by atoms with Crippen molar-refractivity contribution in [3.8, 4) is 0 Å². The molecule has 8 heteroatoms. The molecule has 2 saturated heterocycles. The van der Waals surface area contributed by atoms with E-state index >= 15 is 0 Å². The summed E-state index contributed by atoms with van der Waals surface area (Å²) in [5.41, 5.74) is 1.25. The Labute approximate surface area is 183 Å². The molecule has 0 radical (unpaired) electrons. The Morgan fingerprint density at radius 3 is 2.32 bits per heavy atom. The highest BCUT2D eigenvalue weighted by atomic mass is 32.2. The molecule has 0 spiro atoms. The van der Waals surface area contributed by atoms with Crippen LogP contribution in [0.5, 0.6) is 0 Å². The van der Waals surface area contributed by atoms with Crippen molar-refractivity contribution in [1.29, 1.82) is 0 Å². The van der Waals surface area contributed by atoms with Crippen LogP contribution in [-0.2, 0) is 21.4 Å². The first-order valence-electron chi connectivity index (χ1n) is 10.7. The Hall–Kier alpha value is -2.29. The lowest BCUT2D eigenvalue weighted by Gasteiger charge is -2.38. The predicted octanol–water partition coefficient (Wildman–Crippen LogP) is 2.57. The molecular weight excluding hydrogens is 417 g/mol. The van der Waals surface area contributed by atoms with E-state index in [0.717, 1.165) is 25.7 Å². The van der Waals surface area contributed by atoms with E-state index in [0.29, 0.717) is 32.5 Å². The van der Waals surface area contributed by atoms with Crippen LogP contribution in [0.3, 0.4) is 0 Å². The first-order valence-corrected chi connectivity index (χ1v) is 12.2. The molecule has 2 fully saturated rings. The van der Waals surface area contributed by atoms with Crippen LogP contribution < -0.4 is 0 Å². The molecule has 2 heterocycles. The summed E-state index contributed by atoms with van der Waals surface area (Å²) in [6, 6.07) is 15.7. The first-order chi connectivity index (χ1) is 14.9. The van der Waals surface area contributed by atoms with Gasteiger partial charge in [-0.2, -0.15) is 4.31 Å². The maximum absolute atomic E-state index is 14.1. The Balaban J connectivity index is 1.36. The summed E-state index contributed by atoms with van der Waals surface area (Å²) in [7, 11) is -3.95. The summed E-state index contributed by atoms with van der Waals surface area (Å²) in [4.78, 5) is 17.0. The van der Waals surface area contributed by atoms with Crippen molar-refractivity contribution in [2.45, 2.75) is 24.3 Å². The molecule has 1 unspecified atom stereocenters. The molecule has 2 aromatic carbocycles. The zero-order chi connectivity index (χ0) is 21.8. The van der Waals surface area contributed by atoms with Gasteiger partial charge in [0.05, 0.1) is 5.92 Å². The number of hydrogen-bond donors (Lipinski definition) is 0. The third-order valence-electron chi connectivity index (χ3n) is 6.12. The lowest BCUT2D eigenvalue weighted by atomic mass is 9.97. The fourth-order valence-corrected chi connectivity index (χ4v) is 5.97. The number of benzene rings is 2. The van der Waals surface area contributed by atoms with E-state index in [9.17, 15) is 17.6 Å². The van der Waals surface area contributed by atoms with E-state index in [1.807, 2.05) is 23.1 Å². The summed E-state index contributed by atoms with van der Waals surface area (Å²) >= 11 is 0. The van der Waals surface area contributed by atoms with Crippen molar-refractivity contribution in [3.05, 3.63) is 66.0 Å². The summed E-state index contributed by atoms with van der Waals surface area (Å²) in [6.45, 7) is 4.16. The molecule has 1 atom stereocenters. The fourth-order valence-electron chi connectivity index (χ4n) is 4.38. The van der Waals surface area contributed by atoms with Crippen LogP contribution in [0.2, 0.25) is 0 Å². The third-order valence-corrected chi connectivity index (χ3v) is 8.02. The van der Waals surface area contributed by atoms with Crippen LogP contribution in [0.25, 0.3) is 0 Å². The van der Waals surface area contributed by atoms with Crippen molar-refractivity contribution in [3.63, 3.8) is 0 Å². The van der Waals surface area contributed by atoms with Gasteiger partial charge in [0.2, 0.25) is 15.9 Å². The molecule has 0 aliphatic carbocycles. The van der Waals surface area contributed by atoms with Crippen LogP contribution in [0.4, 0.5) is 4.39 Å². The van der Waals surface area contributed by atoms with E-state index in [1.165, 1.54) is 28.1 Å². The van der Waals surface area contributed by atoms with Crippen LogP contribution >= 0.6 is 0 Å². The van der Waals surface area contributed by atoms with Gasteiger partial charge in [-0.1, -0.05) is 42.5 Å². The summed E-state index contributed by atoms with van der Waals surface area (Å²) in [5, 5.41) is 0. The molecule has 0 saturated carbocycles. The molecule has 0 N–H and O–H groups in total. The second-order valence-corrected chi connectivity index (χ2v) is 10.1. The maximum Gasteiger partial charge on any atom is 0.246 e. The quantitative estimate of drug-likeness (QED) is 0.710. The zero-order valence-electron chi connectivity index (χ0n) is 17.5. The van der Waals surface area contributed by atoms with E-state index in [2.05, 4.69) is 17.0 Å². The van der Waals surface area contributed by atoms with Gasteiger partial charge >= 0.3 is 0 Å². The van der Waals surface area contributed by atoms with Gasteiger partial charge in [0.15, 0.2) is 0 Å². The van der Waals surface area contributed by atoms with Crippen LogP contribution in [-0.4, -0.2) is 67.7 Å². The number of piperazine rings is 1. The SMILES string of the molecule is O=C(C1CCCN(S(=O)(=O)c2ccccc2F)C1)N1CCN(Cc2ccccc2)CC1. The van der Waals surface area contributed by atoms with Crippen molar-refractivity contribution in [1.82, 2.24) is 14.1 Å². The van der Waals surface area contributed by atoms with Crippen molar-refractivity contribution in [2.75, 3.05) is 39.3 Å². The number of nitrogens with zero attached hydrogens (tertiary/aromatic N) is 3. The molecule has 0 aromatic heterocycles. The van der Waals surface area contributed by atoms with Crippen LogP contribution in [0.1, 0.15) is 18.4 Å². The van der Waals surface area contributed by atoms with E-state index < -0.39 is 15.8 Å². The topological polar surface area (TPSA) is 60.9 Å². The van der Waals surface area contributed by atoms with Gasteiger partial charge in [0, 0.05) is 45.8 Å². The standard InChI is InChI=1S/C23H28FN3O3S/c24-21-10-4-5-11-22(21)31(29,30)27-12-6-9-20(18-27)23(28)26-15-13-25(14-16-26)17-19-7-2-1-3-8-19/h1-5,7-8,10-11,20H,6,9,12-18H2. The fraction of sp³-hybridized carbons (Fsp3) is 0.435. The van der Waals surface area contributed by atoms with E-state index in [-0.39, 0.29) is 23.3 Å². The summed E-state index contributed by atoms with van der Waals surface area (Å²) < 4.78 is 41.2. The third kappa shape index (κ3) is 4.97. The zero-order valence-corrected chi connectivity index (χ0v) is 18.3. The van der Waals surface area contributed by atoms with E-state index in [4.69, 9.17) is 0 Å². The molecule has 166 valence electrons. The minimum Gasteiger partial charge on any atom is -0.340 e. The second-order valence-electron chi connectivity index (χ2n) is 8.22. The smallest absolute Gasteiger partial charge is 0.246 e. The van der Waals surface area contributed by atoms with Crippen molar-refractivity contribution >= 4 is 15.9 Å². The van der Waals surface area contributed by atoms with Crippen molar-refractivity contribution in [2.24, 2.45) is 5.92 Å². The average molecular weight is 446 g/mol. The van der Waals surface area contributed by atoms with Crippen LogP contribution in [0.15, 0.2) is 59.5 Å². The molecule has 4 rings (SSSR count). The number of amides is 1. The lowest BCUT2D eigenvalue weighted by Crippen LogP contribution is -2.52. The van der Waals surface area contributed by atoms with Gasteiger partial charge in [-0.25, -0.2) is 12.8 Å². The summed E-state index contributed by atoms with van der Waals surface area (Å²) in [5.74, 6) is -1.13. The Morgan fingerprint density at radius 1 is 0.935 bits per heavy atom. The number of piperidine rings is 1. The average Bonchev–Trinajstić information content (AvgIpc) is 2.80. The highest BCUT2D eigenvalue weighted by Gasteiger charge is 2.36. The molecule has 2 aliphatic rings. The number of carbonyl (C=O) groups excluding carboxylic acids is 1. The Kier molecular flexibility index (Phi) is 6.69. The normalized spacial score (nSPS) is 21.2. The number of rotatable bonds is 5. The number of sulfonamides is 1.